The number of benzene rings is 1. The molecule has 0 atom stereocenters. The molecule has 0 aliphatic heterocycles. The Morgan fingerprint density at radius 2 is 1.89 bits per heavy atom. The van der Waals surface area contributed by atoms with Gasteiger partial charge >= 0.3 is 12.0 Å². The van der Waals surface area contributed by atoms with Crippen molar-refractivity contribution in [2.45, 2.75) is 6.61 Å². The monoisotopic (exact) mass is 264 g/mol. The fourth-order valence-corrected chi connectivity index (χ4v) is 1.36. The van der Waals surface area contributed by atoms with Crippen LogP contribution in [0.25, 0.3) is 0 Å². The van der Waals surface area contributed by atoms with Crippen molar-refractivity contribution in [3.63, 3.8) is 0 Å². The van der Waals surface area contributed by atoms with E-state index in [4.69, 9.17) is 9.47 Å². The van der Waals surface area contributed by atoms with Gasteiger partial charge in [-0.1, -0.05) is 18.2 Å². The van der Waals surface area contributed by atoms with E-state index in [1.807, 2.05) is 0 Å². The highest BCUT2D eigenvalue weighted by atomic mass is 19.1. The molecule has 6 nitrogen and oxygen atoms in total. The molecule has 2 rings (SSSR count). The van der Waals surface area contributed by atoms with Gasteiger partial charge in [0.05, 0.1) is 7.11 Å². The second-order valence-corrected chi connectivity index (χ2v) is 3.56. The summed E-state index contributed by atoms with van der Waals surface area (Å²) in [5, 5.41) is 2.76. The molecule has 0 aliphatic rings. The van der Waals surface area contributed by atoms with E-state index in [2.05, 4.69) is 20.3 Å². The first-order valence-electron chi connectivity index (χ1n) is 5.57. The number of anilines is 1. The van der Waals surface area contributed by atoms with Crippen LogP contribution in [0.1, 0.15) is 5.56 Å². The molecule has 100 valence electrons. The van der Waals surface area contributed by atoms with Gasteiger partial charge in [-0.05, 0) is 6.07 Å². The molecular formula is C12H13FN4O2. The normalized spacial score (nSPS) is 10.1. The number of halogens is 1. The van der Waals surface area contributed by atoms with E-state index in [1.54, 1.807) is 25.2 Å². The Morgan fingerprint density at radius 1 is 1.16 bits per heavy atom. The van der Waals surface area contributed by atoms with E-state index in [0.717, 1.165) is 0 Å². The van der Waals surface area contributed by atoms with Gasteiger partial charge < -0.3 is 14.8 Å². The summed E-state index contributed by atoms with van der Waals surface area (Å²) in [6.45, 7) is 0.0307. The Hall–Kier alpha value is -2.44. The highest BCUT2D eigenvalue weighted by Crippen LogP contribution is 2.14. The third-order valence-electron chi connectivity index (χ3n) is 2.32. The van der Waals surface area contributed by atoms with Crippen LogP contribution in [0.15, 0.2) is 24.3 Å². The first kappa shape index (κ1) is 13.0. The molecule has 1 aromatic carbocycles. The van der Waals surface area contributed by atoms with Gasteiger partial charge in [0.25, 0.3) is 0 Å². The fourth-order valence-electron chi connectivity index (χ4n) is 1.36. The molecule has 0 fully saturated rings. The average Bonchev–Trinajstić information content (AvgIpc) is 2.46. The number of ether oxygens (including phenoxy) is 2. The van der Waals surface area contributed by atoms with Crippen molar-refractivity contribution >= 4 is 5.95 Å². The quantitative estimate of drug-likeness (QED) is 0.885. The van der Waals surface area contributed by atoms with Crippen LogP contribution in [0.2, 0.25) is 0 Å². The zero-order valence-corrected chi connectivity index (χ0v) is 10.6. The van der Waals surface area contributed by atoms with E-state index in [0.29, 0.717) is 11.5 Å². The minimum Gasteiger partial charge on any atom is -0.467 e. The van der Waals surface area contributed by atoms with Crippen molar-refractivity contribution in [1.82, 2.24) is 15.0 Å². The lowest BCUT2D eigenvalue weighted by Gasteiger charge is -2.07. The molecule has 0 unspecified atom stereocenters. The van der Waals surface area contributed by atoms with Crippen LogP contribution in [-0.2, 0) is 6.61 Å². The third kappa shape index (κ3) is 3.27. The SMILES string of the molecule is CNc1nc(OC)nc(OCc2ccccc2F)n1. The summed E-state index contributed by atoms with van der Waals surface area (Å²) < 4.78 is 23.7. The number of rotatable bonds is 5. The van der Waals surface area contributed by atoms with Crippen LogP contribution < -0.4 is 14.8 Å². The number of aromatic nitrogens is 3. The van der Waals surface area contributed by atoms with Gasteiger partial charge in [0, 0.05) is 12.6 Å². The topological polar surface area (TPSA) is 69.2 Å². The number of hydrogen-bond donors (Lipinski definition) is 1. The lowest BCUT2D eigenvalue weighted by Crippen LogP contribution is -2.06. The maximum Gasteiger partial charge on any atom is 0.324 e. The van der Waals surface area contributed by atoms with Crippen LogP contribution in [0.4, 0.5) is 10.3 Å². The highest BCUT2D eigenvalue weighted by molar-refractivity contribution is 5.26. The van der Waals surface area contributed by atoms with E-state index in [9.17, 15) is 4.39 Å². The van der Waals surface area contributed by atoms with Gasteiger partial charge in [0.1, 0.15) is 12.4 Å². The molecule has 0 saturated carbocycles. The van der Waals surface area contributed by atoms with Gasteiger partial charge in [-0.15, -0.1) is 4.98 Å². The van der Waals surface area contributed by atoms with E-state index >= 15 is 0 Å². The molecule has 1 N–H and O–H groups in total. The maximum atomic E-state index is 13.4. The number of nitrogens with one attached hydrogen (secondary N) is 1. The maximum absolute atomic E-state index is 13.4. The fraction of sp³-hybridized carbons (Fsp3) is 0.250. The molecule has 1 heterocycles. The van der Waals surface area contributed by atoms with Crippen molar-refractivity contribution in [2.24, 2.45) is 0 Å². The molecular weight excluding hydrogens is 251 g/mol. The number of hydrogen-bond acceptors (Lipinski definition) is 6. The molecule has 0 bridgehead atoms. The Morgan fingerprint density at radius 3 is 2.58 bits per heavy atom. The summed E-state index contributed by atoms with van der Waals surface area (Å²) in [5.41, 5.74) is 0.424. The second kappa shape index (κ2) is 5.94. The van der Waals surface area contributed by atoms with E-state index in [-0.39, 0.29) is 24.4 Å². The van der Waals surface area contributed by atoms with Crippen LogP contribution >= 0.6 is 0 Å². The van der Waals surface area contributed by atoms with Crippen molar-refractivity contribution in [3.8, 4) is 12.0 Å². The standard InChI is InChI=1S/C12H13FN4O2/c1-14-10-15-11(18-2)17-12(16-10)19-7-8-5-3-4-6-9(8)13/h3-6H,7H2,1-2H3,(H,14,15,16,17). The smallest absolute Gasteiger partial charge is 0.324 e. The number of nitrogens with zero attached hydrogens (tertiary/aromatic N) is 3. The summed E-state index contributed by atoms with van der Waals surface area (Å²) in [4.78, 5) is 11.8. The second-order valence-electron chi connectivity index (χ2n) is 3.56. The van der Waals surface area contributed by atoms with E-state index in [1.165, 1.54) is 13.2 Å². The first-order chi connectivity index (χ1) is 9.22. The Kier molecular flexibility index (Phi) is 4.07. The highest BCUT2D eigenvalue weighted by Gasteiger charge is 2.08. The lowest BCUT2D eigenvalue weighted by atomic mass is 10.2. The average molecular weight is 264 g/mol. The van der Waals surface area contributed by atoms with E-state index < -0.39 is 0 Å². The minimum absolute atomic E-state index is 0.0307. The van der Waals surface area contributed by atoms with Crippen LogP contribution in [0, 0.1) is 5.82 Å². The molecule has 0 saturated heterocycles. The Labute approximate surface area is 109 Å². The van der Waals surface area contributed by atoms with Gasteiger partial charge in [0.2, 0.25) is 5.95 Å². The van der Waals surface area contributed by atoms with Crippen molar-refractivity contribution in [2.75, 3.05) is 19.5 Å². The molecule has 1 aromatic heterocycles. The molecule has 2 aromatic rings. The van der Waals surface area contributed by atoms with Crippen LogP contribution in [0.5, 0.6) is 12.0 Å². The molecule has 19 heavy (non-hydrogen) atoms. The van der Waals surface area contributed by atoms with Gasteiger partial charge in [-0.3, -0.25) is 0 Å². The summed E-state index contributed by atoms with van der Waals surface area (Å²) in [6, 6.07) is 6.54. The van der Waals surface area contributed by atoms with Gasteiger partial charge in [-0.25, -0.2) is 4.39 Å². The largest absolute Gasteiger partial charge is 0.467 e. The Balaban J connectivity index is 2.13. The number of methoxy groups -OCH3 is 1. The van der Waals surface area contributed by atoms with Crippen molar-refractivity contribution in [3.05, 3.63) is 35.6 Å². The molecule has 0 amide bonds. The summed E-state index contributed by atoms with van der Waals surface area (Å²) >= 11 is 0. The first-order valence-corrected chi connectivity index (χ1v) is 5.57. The summed E-state index contributed by atoms with van der Waals surface area (Å²) in [6.07, 6.45) is 0. The Bertz CT molecular complexity index is 543. The molecule has 7 heteroatoms. The lowest BCUT2D eigenvalue weighted by molar-refractivity contribution is 0.266. The third-order valence-corrected chi connectivity index (χ3v) is 2.32. The van der Waals surface area contributed by atoms with Gasteiger partial charge in [0.15, 0.2) is 0 Å². The molecule has 0 spiro atoms. The minimum atomic E-state index is -0.336. The summed E-state index contributed by atoms with van der Waals surface area (Å²) in [7, 11) is 3.10. The van der Waals surface area contributed by atoms with Gasteiger partial charge in [-0.2, -0.15) is 9.97 Å². The predicted molar refractivity (Wildman–Crippen MR) is 66.7 cm³/mol. The molecule has 0 radical (unpaired) electrons. The van der Waals surface area contributed by atoms with Crippen molar-refractivity contribution in [1.29, 1.82) is 0 Å². The van der Waals surface area contributed by atoms with Crippen LogP contribution in [0.3, 0.4) is 0 Å². The zero-order chi connectivity index (χ0) is 13.7. The zero-order valence-electron chi connectivity index (χ0n) is 10.6. The summed E-state index contributed by atoms with van der Waals surface area (Å²) in [5.74, 6) is -0.0206. The van der Waals surface area contributed by atoms with Crippen LogP contribution in [-0.4, -0.2) is 29.1 Å². The predicted octanol–water partition coefficient (Wildman–Crippen LogP) is 1.64. The van der Waals surface area contributed by atoms with Crippen molar-refractivity contribution < 1.29 is 13.9 Å². The molecule has 0 aliphatic carbocycles.